The van der Waals surface area contributed by atoms with Crippen LogP contribution in [0.3, 0.4) is 0 Å². The molecule has 0 rings (SSSR count). The van der Waals surface area contributed by atoms with Crippen molar-refractivity contribution in [3.63, 3.8) is 0 Å². The van der Waals surface area contributed by atoms with Crippen LogP contribution in [0.15, 0.2) is 0 Å². The molecular formula is CH6INaS. The van der Waals surface area contributed by atoms with Gasteiger partial charge in [0.15, 0.2) is 0 Å². The Hall–Kier alpha value is 2.08. The van der Waals surface area contributed by atoms with Crippen LogP contribution in [0.5, 0.6) is 0 Å². The van der Waals surface area contributed by atoms with Gasteiger partial charge >= 0.3 is 29.6 Å². The Morgan fingerprint density at radius 3 is 1.00 bits per heavy atom. The average Bonchev–Trinajstić information content (AvgIpc) is 0. The Labute approximate surface area is 73.5 Å². The first-order valence-corrected chi connectivity index (χ1v) is 0. The molecule has 0 aromatic rings. The minimum atomic E-state index is 0. The van der Waals surface area contributed by atoms with Crippen molar-refractivity contribution in [2.75, 3.05) is 0 Å². The summed E-state index contributed by atoms with van der Waals surface area (Å²) in [4.78, 5) is 0. The van der Waals surface area contributed by atoms with Gasteiger partial charge in [0.1, 0.15) is 0 Å². The number of hydrogen-bond acceptors (Lipinski definition) is 0. The van der Waals surface area contributed by atoms with Gasteiger partial charge in [-0.1, -0.05) is 0 Å². The second kappa shape index (κ2) is 19.5. The van der Waals surface area contributed by atoms with Crippen molar-refractivity contribution < 1.29 is 29.6 Å². The third-order valence-corrected chi connectivity index (χ3v) is 0. The van der Waals surface area contributed by atoms with Crippen molar-refractivity contribution >= 4 is 37.5 Å². The quantitative estimate of drug-likeness (QED) is 0.245. The molecule has 0 saturated heterocycles. The normalized spacial score (nSPS) is 0. The third-order valence-electron chi connectivity index (χ3n) is 0. The van der Waals surface area contributed by atoms with Crippen LogP contribution in [0, 0.1) is 7.43 Å². The van der Waals surface area contributed by atoms with Crippen molar-refractivity contribution in [1.29, 1.82) is 0 Å². The van der Waals surface area contributed by atoms with E-state index in [2.05, 4.69) is 0 Å². The molecule has 3 heteroatoms. The van der Waals surface area contributed by atoms with Gasteiger partial charge in [0, 0.05) is 0 Å². The summed E-state index contributed by atoms with van der Waals surface area (Å²) >= 11 is 0. The Balaban J connectivity index is 0. The molecule has 0 aliphatic heterocycles. The molecule has 0 bridgehead atoms. The largest absolute Gasteiger partial charge is 1.00 e. The monoisotopic (exact) mass is 200 g/mol. The van der Waals surface area contributed by atoms with Crippen molar-refractivity contribution in [1.82, 2.24) is 0 Å². The molecule has 0 atom stereocenters. The molecule has 0 aliphatic carbocycles. The molecule has 0 aromatic carbocycles. The van der Waals surface area contributed by atoms with Crippen LogP contribution in [0.4, 0.5) is 0 Å². The van der Waals surface area contributed by atoms with Gasteiger partial charge in [-0.15, -0.1) is 24.0 Å². The molecule has 0 nitrogen and oxygen atoms in total. The fourth-order valence-electron chi connectivity index (χ4n) is 0. The summed E-state index contributed by atoms with van der Waals surface area (Å²) in [7, 11) is 0. The van der Waals surface area contributed by atoms with Crippen molar-refractivity contribution in [2.45, 2.75) is 0 Å². The minimum Gasteiger partial charge on any atom is -0.358 e. The molecule has 0 amide bonds. The summed E-state index contributed by atoms with van der Waals surface area (Å²) in [5, 5.41) is 0. The van der Waals surface area contributed by atoms with Crippen LogP contribution < -0.4 is 29.6 Å². The maximum absolute atomic E-state index is 0. The smallest absolute Gasteiger partial charge is 0.358 e. The molecule has 0 spiro atoms. The molecule has 0 aliphatic rings. The van der Waals surface area contributed by atoms with Crippen molar-refractivity contribution in [2.24, 2.45) is 0 Å². The molecule has 24 valence electrons. The first-order valence-electron chi connectivity index (χ1n) is 0. The number of halogens is 1. The van der Waals surface area contributed by atoms with Crippen molar-refractivity contribution in [3.8, 4) is 0 Å². The number of hydrogen-bond donors (Lipinski definition) is 0. The third kappa shape index (κ3) is 8.95. The van der Waals surface area contributed by atoms with Crippen LogP contribution in [0.2, 0.25) is 0 Å². The fraction of sp³-hybridized carbons (Fsp3) is 0. The zero-order chi connectivity index (χ0) is 0. The first kappa shape index (κ1) is 36.3. The van der Waals surface area contributed by atoms with E-state index in [0.29, 0.717) is 0 Å². The van der Waals surface area contributed by atoms with Gasteiger partial charge in [-0.3, -0.25) is 0 Å². The van der Waals surface area contributed by atoms with Crippen molar-refractivity contribution in [3.05, 3.63) is 7.43 Å². The van der Waals surface area contributed by atoms with Gasteiger partial charge in [0.05, 0.1) is 0 Å². The summed E-state index contributed by atoms with van der Waals surface area (Å²) in [6.07, 6.45) is 0. The second-order valence-corrected chi connectivity index (χ2v) is 0. The summed E-state index contributed by atoms with van der Waals surface area (Å²) < 4.78 is 0. The summed E-state index contributed by atoms with van der Waals surface area (Å²) in [5.74, 6) is 0. The molecule has 0 N–H and O–H groups in total. The summed E-state index contributed by atoms with van der Waals surface area (Å²) in [6, 6.07) is 0. The Morgan fingerprint density at radius 1 is 1.00 bits per heavy atom. The van der Waals surface area contributed by atoms with E-state index in [4.69, 9.17) is 0 Å². The van der Waals surface area contributed by atoms with Gasteiger partial charge in [-0.25, -0.2) is 0 Å². The Bertz CT molecular complexity index is 8.00. The molecule has 0 aromatic heterocycles. The molecule has 4 heavy (non-hydrogen) atoms. The fourth-order valence-corrected chi connectivity index (χ4v) is 0. The SMILES string of the molecule is I.S.[CH3-].[Na+]. The zero-order valence-electron chi connectivity index (χ0n) is 2.91. The average molecular weight is 200 g/mol. The van der Waals surface area contributed by atoms with E-state index in [0.717, 1.165) is 0 Å². The van der Waals surface area contributed by atoms with Gasteiger partial charge in [-0.05, 0) is 0 Å². The topological polar surface area (TPSA) is 0 Å². The van der Waals surface area contributed by atoms with E-state index < -0.39 is 0 Å². The summed E-state index contributed by atoms with van der Waals surface area (Å²) in [6.45, 7) is 0. The van der Waals surface area contributed by atoms with Crippen LogP contribution in [0.25, 0.3) is 0 Å². The molecule has 0 unspecified atom stereocenters. The van der Waals surface area contributed by atoms with E-state index in [1.165, 1.54) is 0 Å². The molecule has 0 fully saturated rings. The van der Waals surface area contributed by atoms with E-state index in [1.54, 1.807) is 0 Å². The van der Waals surface area contributed by atoms with E-state index in [9.17, 15) is 0 Å². The summed E-state index contributed by atoms with van der Waals surface area (Å²) in [5.41, 5.74) is 0. The minimum absolute atomic E-state index is 0. The van der Waals surface area contributed by atoms with E-state index >= 15 is 0 Å². The zero-order valence-corrected chi connectivity index (χ0v) is 8.24. The predicted octanol–water partition coefficient (Wildman–Crippen LogP) is -1.81. The maximum atomic E-state index is 0. The number of rotatable bonds is 0. The van der Waals surface area contributed by atoms with Gasteiger partial charge < -0.3 is 7.43 Å². The second-order valence-electron chi connectivity index (χ2n) is 0. The van der Waals surface area contributed by atoms with Crippen LogP contribution in [-0.4, -0.2) is 0 Å². The molecular weight excluding hydrogens is 194 g/mol. The van der Waals surface area contributed by atoms with Crippen LogP contribution in [-0.2, 0) is 0 Å². The molecule has 0 radical (unpaired) electrons. The Kier molecular flexibility index (Phi) is 177. The first-order chi connectivity index (χ1) is 0. The van der Waals surface area contributed by atoms with Gasteiger partial charge in [-0.2, -0.15) is 13.5 Å². The molecule has 0 heterocycles. The standard InChI is InChI=1S/CH3.HI.Na.H2S/h1H3;1H;;1H2/q-1;;+1;. The van der Waals surface area contributed by atoms with E-state index in [1.807, 2.05) is 0 Å². The maximum Gasteiger partial charge on any atom is 1.00 e. The Morgan fingerprint density at radius 2 is 1.00 bits per heavy atom. The molecule has 0 saturated carbocycles. The van der Waals surface area contributed by atoms with Crippen LogP contribution >= 0.6 is 37.5 Å². The van der Waals surface area contributed by atoms with Gasteiger partial charge in [0.2, 0.25) is 0 Å². The van der Waals surface area contributed by atoms with E-state index in [-0.39, 0.29) is 74.5 Å². The van der Waals surface area contributed by atoms with Gasteiger partial charge in [0.25, 0.3) is 0 Å². The predicted molar refractivity (Wildman–Crippen MR) is 32.2 cm³/mol. The van der Waals surface area contributed by atoms with Crippen LogP contribution in [0.1, 0.15) is 0 Å².